The van der Waals surface area contributed by atoms with E-state index < -0.39 is 4.92 Å². The lowest BCUT2D eigenvalue weighted by molar-refractivity contribution is -0.880. The molecule has 0 saturated heterocycles. The Labute approximate surface area is 232 Å². The van der Waals surface area contributed by atoms with E-state index in [0.717, 1.165) is 15.9 Å². The molecule has 0 bridgehead atoms. The lowest BCUT2D eigenvalue weighted by Gasteiger charge is -2.28. The van der Waals surface area contributed by atoms with Crippen LogP contribution in [0.3, 0.4) is 0 Å². The summed E-state index contributed by atoms with van der Waals surface area (Å²) in [6.45, 7) is 2.72. The number of fused-ring (bicyclic) bond motifs is 1. The summed E-state index contributed by atoms with van der Waals surface area (Å²) >= 11 is 9.57. The maximum Gasteiger partial charge on any atom is 0.368 e. The van der Waals surface area contributed by atoms with Gasteiger partial charge in [-0.25, -0.2) is 15.0 Å². The number of amides is 1. The zero-order chi connectivity index (χ0) is 27.4. The summed E-state index contributed by atoms with van der Waals surface area (Å²) < 4.78 is 1.21. The molecule has 3 heterocycles. The minimum atomic E-state index is -0.439. The Hall–Kier alpha value is -3.74. The number of anilines is 3. The van der Waals surface area contributed by atoms with Gasteiger partial charge in [0.1, 0.15) is 30.2 Å². The van der Waals surface area contributed by atoms with Gasteiger partial charge >= 0.3 is 5.82 Å². The molecule has 2 N–H and O–H groups in total. The van der Waals surface area contributed by atoms with Crippen LogP contribution in [0.2, 0.25) is 5.02 Å². The van der Waals surface area contributed by atoms with E-state index in [0.29, 0.717) is 57.1 Å². The second kappa shape index (κ2) is 11.3. The third-order valence-corrected chi connectivity index (χ3v) is 6.93. The van der Waals surface area contributed by atoms with Crippen LogP contribution in [-0.4, -0.2) is 63.2 Å². The second-order valence-electron chi connectivity index (χ2n) is 9.44. The van der Waals surface area contributed by atoms with Crippen molar-refractivity contribution < 1.29 is 14.2 Å². The van der Waals surface area contributed by atoms with Crippen molar-refractivity contribution in [3.8, 4) is 0 Å². The van der Waals surface area contributed by atoms with Crippen LogP contribution in [0, 0.1) is 10.1 Å². The molecule has 0 atom stereocenters. The first-order valence-corrected chi connectivity index (χ1v) is 12.7. The average molecular weight is 601 g/mol. The van der Waals surface area contributed by atoms with Crippen molar-refractivity contribution in [2.75, 3.05) is 37.8 Å². The zero-order valence-electron chi connectivity index (χ0n) is 20.9. The van der Waals surface area contributed by atoms with Gasteiger partial charge in [-0.15, -0.1) is 0 Å². The van der Waals surface area contributed by atoms with Crippen LogP contribution in [0.25, 0.3) is 10.9 Å². The smallest absolute Gasteiger partial charge is 0.358 e. The molecule has 11 nitrogen and oxygen atoms in total. The number of nitrogens with one attached hydrogen (secondary N) is 2. The quantitative estimate of drug-likeness (QED) is 0.151. The van der Waals surface area contributed by atoms with Gasteiger partial charge in [0.15, 0.2) is 0 Å². The van der Waals surface area contributed by atoms with Crippen LogP contribution in [0.5, 0.6) is 0 Å². The van der Waals surface area contributed by atoms with Crippen LogP contribution < -0.4 is 10.6 Å². The number of halogens is 2. The monoisotopic (exact) mass is 599 g/mol. The number of aliphatic imine (C=N–C) groups is 1. The molecular weight excluding hydrogens is 576 g/mol. The summed E-state index contributed by atoms with van der Waals surface area (Å²) in [6.07, 6.45) is 6.64. The van der Waals surface area contributed by atoms with Crippen molar-refractivity contribution in [1.29, 1.82) is 0 Å². The Balaban J connectivity index is 1.42. The normalized spacial score (nSPS) is 13.8. The summed E-state index contributed by atoms with van der Waals surface area (Å²) in [5, 5.41) is 18.5. The van der Waals surface area contributed by atoms with E-state index in [4.69, 9.17) is 11.6 Å². The van der Waals surface area contributed by atoms with E-state index in [9.17, 15) is 14.9 Å². The fraction of sp³-hybridized carbons (Fsp3) is 0.240. The van der Waals surface area contributed by atoms with Crippen LogP contribution in [0.1, 0.15) is 13.3 Å². The van der Waals surface area contributed by atoms with Gasteiger partial charge in [-0.05, 0) is 63.1 Å². The third-order valence-electron chi connectivity index (χ3n) is 5.70. The molecule has 0 spiro atoms. The highest BCUT2D eigenvalue weighted by molar-refractivity contribution is 9.10. The molecule has 38 heavy (non-hydrogen) atoms. The molecule has 1 amide bonds. The van der Waals surface area contributed by atoms with Gasteiger partial charge < -0.3 is 25.2 Å². The van der Waals surface area contributed by atoms with Crippen molar-refractivity contribution in [2.24, 2.45) is 4.99 Å². The number of carbonyl (C=O) groups is 1. The Morgan fingerprint density at radius 3 is 2.79 bits per heavy atom. The Bertz CT molecular complexity index is 1520. The van der Waals surface area contributed by atoms with E-state index in [1.807, 2.05) is 26.2 Å². The molecule has 3 aromatic rings. The molecule has 0 unspecified atom stereocenters. The summed E-state index contributed by atoms with van der Waals surface area (Å²) in [7, 11) is 3.89. The van der Waals surface area contributed by atoms with Gasteiger partial charge in [0.05, 0.1) is 42.9 Å². The number of quaternary nitrogens is 1. The SMILES string of the molecule is CC1=NC([N+](=O)[O-])=C(C[N+](C)(C)C/C=C/C(=O)Nc2cc3c(Nc4ccc(Br)c(Cl)c4)ncnc3cn2)C1. The predicted octanol–water partition coefficient (Wildman–Crippen LogP) is 5.11. The number of nitro groups is 1. The first-order chi connectivity index (χ1) is 18.0. The number of likely N-dealkylation sites (N-methyl/N-ethyl adjacent to an activating group) is 1. The van der Waals surface area contributed by atoms with Crippen LogP contribution in [0.15, 0.2) is 69.8 Å². The topological polar surface area (TPSA) is 135 Å². The minimum absolute atomic E-state index is 0.0705. The number of aromatic nitrogens is 3. The number of hydrogen-bond acceptors (Lipinski definition) is 8. The molecule has 1 aromatic carbocycles. The van der Waals surface area contributed by atoms with E-state index >= 15 is 0 Å². The molecule has 0 saturated carbocycles. The van der Waals surface area contributed by atoms with Crippen LogP contribution >= 0.6 is 27.5 Å². The molecule has 2 aromatic heterocycles. The van der Waals surface area contributed by atoms with Crippen LogP contribution in [0.4, 0.5) is 17.3 Å². The van der Waals surface area contributed by atoms with Gasteiger partial charge in [0, 0.05) is 28.0 Å². The van der Waals surface area contributed by atoms with E-state index in [1.165, 1.54) is 12.4 Å². The fourth-order valence-electron chi connectivity index (χ4n) is 4.02. The Kier molecular flexibility index (Phi) is 8.14. The van der Waals surface area contributed by atoms with Gasteiger partial charge in [0.2, 0.25) is 5.91 Å². The van der Waals surface area contributed by atoms with Gasteiger partial charge in [-0.3, -0.25) is 4.79 Å². The van der Waals surface area contributed by atoms with E-state index in [2.05, 4.69) is 46.5 Å². The molecule has 196 valence electrons. The number of benzene rings is 1. The highest BCUT2D eigenvalue weighted by Gasteiger charge is 2.31. The molecule has 1 aliphatic heterocycles. The van der Waals surface area contributed by atoms with Gasteiger partial charge in [-0.1, -0.05) is 11.6 Å². The number of pyridine rings is 1. The lowest BCUT2D eigenvalue weighted by atomic mass is 10.1. The highest BCUT2D eigenvalue weighted by atomic mass is 79.9. The minimum Gasteiger partial charge on any atom is -0.358 e. The molecule has 13 heteroatoms. The average Bonchev–Trinajstić information content (AvgIpc) is 3.21. The van der Waals surface area contributed by atoms with Crippen LogP contribution in [-0.2, 0) is 4.79 Å². The predicted molar refractivity (Wildman–Crippen MR) is 151 cm³/mol. The molecular formula is C25H25BrClN8O3+. The molecule has 0 fully saturated rings. The van der Waals surface area contributed by atoms with Crippen molar-refractivity contribution in [2.45, 2.75) is 13.3 Å². The van der Waals surface area contributed by atoms with Crippen molar-refractivity contribution in [3.63, 3.8) is 0 Å². The summed E-state index contributed by atoms with van der Waals surface area (Å²) in [5.41, 5.74) is 2.76. The Morgan fingerprint density at radius 1 is 1.26 bits per heavy atom. The standard InChI is InChI=1S/C25H24BrClN8O3/c1-15-9-16(25(31-15)34(37)38)13-35(2,3)8-4-5-23(36)33-22-11-18-21(12-28-22)29-14-30-24(18)32-17-6-7-19(26)20(27)10-17/h4-7,10-12,14H,8-9,13H2,1-3H3,(H-,28,29,30,32,33,36)/p+1/b5-4+. The van der Waals surface area contributed by atoms with E-state index in [1.54, 1.807) is 31.3 Å². The second-order valence-corrected chi connectivity index (χ2v) is 10.7. The van der Waals surface area contributed by atoms with Gasteiger partial charge in [0.25, 0.3) is 0 Å². The maximum absolute atomic E-state index is 12.6. The molecule has 4 rings (SSSR count). The van der Waals surface area contributed by atoms with Gasteiger partial charge in [-0.2, -0.15) is 0 Å². The summed E-state index contributed by atoms with van der Waals surface area (Å²) in [6, 6.07) is 7.14. The number of carbonyl (C=O) groups excluding carboxylic acids is 1. The lowest BCUT2D eigenvalue weighted by Crippen LogP contribution is -2.41. The van der Waals surface area contributed by atoms with Crippen molar-refractivity contribution in [1.82, 2.24) is 15.0 Å². The molecule has 0 aliphatic carbocycles. The first kappa shape index (κ1) is 27.3. The maximum atomic E-state index is 12.6. The van der Waals surface area contributed by atoms with Crippen molar-refractivity contribution >= 4 is 67.4 Å². The fourth-order valence-corrected chi connectivity index (χ4v) is 4.44. The van der Waals surface area contributed by atoms with E-state index in [-0.39, 0.29) is 11.7 Å². The zero-order valence-corrected chi connectivity index (χ0v) is 23.2. The molecule has 1 aliphatic rings. The third kappa shape index (κ3) is 6.77. The summed E-state index contributed by atoms with van der Waals surface area (Å²) in [4.78, 5) is 40.3. The largest absolute Gasteiger partial charge is 0.368 e. The number of hydrogen-bond donors (Lipinski definition) is 2. The Morgan fingerprint density at radius 2 is 2.05 bits per heavy atom. The molecule has 0 radical (unpaired) electrons. The van der Waals surface area contributed by atoms with Crippen molar-refractivity contribution in [3.05, 3.63) is 79.9 Å². The number of rotatable bonds is 9. The first-order valence-electron chi connectivity index (χ1n) is 11.5. The highest BCUT2D eigenvalue weighted by Crippen LogP contribution is 2.29. The number of nitrogens with zero attached hydrogens (tertiary/aromatic N) is 6. The summed E-state index contributed by atoms with van der Waals surface area (Å²) in [5.74, 6) is 0.453.